The molecular formula is C17H18N4O2. The van der Waals surface area contributed by atoms with Crippen molar-refractivity contribution in [1.82, 2.24) is 10.3 Å². The Labute approximate surface area is 134 Å². The number of benzene rings is 1. The third-order valence-corrected chi connectivity index (χ3v) is 3.51. The minimum Gasteiger partial charge on any atom is -0.368 e. The third-order valence-electron chi connectivity index (χ3n) is 3.51. The molecule has 6 nitrogen and oxygen atoms in total. The van der Waals surface area contributed by atoms with Gasteiger partial charge >= 0.3 is 0 Å². The Bertz CT molecular complexity index is 752. The monoisotopic (exact) mass is 310 g/mol. The van der Waals surface area contributed by atoms with Crippen molar-refractivity contribution in [2.75, 3.05) is 0 Å². The molecule has 2 aromatic rings. The predicted octanol–water partition coefficient (Wildman–Crippen LogP) is 1.90. The fourth-order valence-corrected chi connectivity index (χ4v) is 2.26. The number of pyridine rings is 1. The molecule has 2 rings (SSSR count). The fraction of sp³-hybridized carbons (Fsp3) is 0.294. The summed E-state index contributed by atoms with van der Waals surface area (Å²) in [4.78, 5) is 28.0. The molecule has 0 unspecified atom stereocenters. The number of nitrogens with zero attached hydrogens (tertiary/aromatic N) is 2. The minimum atomic E-state index is -0.755. The van der Waals surface area contributed by atoms with Gasteiger partial charge in [0.25, 0.3) is 5.91 Å². The quantitative estimate of drug-likeness (QED) is 0.761. The molecule has 0 saturated heterocycles. The van der Waals surface area contributed by atoms with Crippen molar-refractivity contribution in [1.29, 1.82) is 5.26 Å². The Kier molecular flexibility index (Phi) is 5.64. The van der Waals surface area contributed by atoms with Gasteiger partial charge in [-0.1, -0.05) is 24.3 Å². The van der Waals surface area contributed by atoms with Crippen LogP contribution < -0.4 is 11.1 Å². The number of hydrogen-bond donors (Lipinski definition) is 2. The van der Waals surface area contributed by atoms with Crippen LogP contribution in [-0.2, 0) is 4.79 Å². The maximum Gasteiger partial charge on any atom is 0.270 e. The summed E-state index contributed by atoms with van der Waals surface area (Å²) in [5.74, 6) is -1.02. The van der Waals surface area contributed by atoms with Gasteiger partial charge in [-0.25, -0.2) is 4.98 Å². The Morgan fingerprint density at radius 3 is 2.74 bits per heavy atom. The average Bonchev–Trinajstić information content (AvgIpc) is 2.56. The Morgan fingerprint density at radius 1 is 1.22 bits per heavy atom. The van der Waals surface area contributed by atoms with Crippen LogP contribution in [0.25, 0.3) is 10.9 Å². The molecule has 2 amide bonds. The molecule has 1 heterocycles. The molecule has 1 aromatic carbocycles. The lowest BCUT2D eigenvalue weighted by atomic mass is 10.1. The van der Waals surface area contributed by atoms with E-state index in [2.05, 4.69) is 10.3 Å². The highest BCUT2D eigenvalue weighted by Gasteiger charge is 2.19. The van der Waals surface area contributed by atoms with E-state index in [-0.39, 0.29) is 5.69 Å². The number of nitrogens with two attached hydrogens (primary N) is 1. The molecule has 0 aliphatic heterocycles. The molecule has 23 heavy (non-hydrogen) atoms. The smallest absolute Gasteiger partial charge is 0.270 e. The van der Waals surface area contributed by atoms with Crippen LogP contribution in [0.4, 0.5) is 0 Å². The predicted molar refractivity (Wildman–Crippen MR) is 86.3 cm³/mol. The molecule has 0 spiro atoms. The standard InChI is InChI=1S/C17H18N4O2/c18-11-5-1-2-8-14(16(19)22)21-17(23)15-10-9-12-6-3-4-7-13(12)20-15/h3-4,6-7,9-10,14H,1-2,5,8H2,(H2,19,22)(H,21,23)/t14-/m0/s1. The van der Waals surface area contributed by atoms with Gasteiger partial charge in [-0.05, 0) is 31.4 Å². The average molecular weight is 310 g/mol. The summed E-state index contributed by atoms with van der Waals surface area (Å²) in [6, 6.07) is 12.2. The van der Waals surface area contributed by atoms with E-state index in [0.717, 1.165) is 5.39 Å². The van der Waals surface area contributed by atoms with Gasteiger partial charge in [-0.3, -0.25) is 9.59 Å². The van der Waals surface area contributed by atoms with E-state index in [4.69, 9.17) is 11.0 Å². The molecule has 1 atom stereocenters. The van der Waals surface area contributed by atoms with Crippen LogP contribution in [0.3, 0.4) is 0 Å². The number of hydrogen-bond acceptors (Lipinski definition) is 4. The van der Waals surface area contributed by atoms with Gasteiger partial charge in [-0.15, -0.1) is 0 Å². The van der Waals surface area contributed by atoms with Gasteiger partial charge in [0.05, 0.1) is 11.6 Å². The lowest BCUT2D eigenvalue weighted by molar-refractivity contribution is -0.120. The van der Waals surface area contributed by atoms with Crippen LogP contribution in [0, 0.1) is 11.3 Å². The first-order valence-corrected chi connectivity index (χ1v) is 7.44. The maximum atomic E-state index is 12.3. The summed E-state index contributed by atoms with van der Waals surface area (Å²) in [5, 5.41) is 12.1. The molecule has 0 aliphatic carbocycles. The Hall–Kier alpha value is -2.94. The van der Waals surface area contributed by atoms with Gasteiger partial charge < -0.3 is 11.1 Å². The van der Waals surface area contributed by atoms with E-state index in [1.54, 1.807) is 6.07 Å². The highest BCUT2D eigenvalue weighted by Crippen LogP contribution is 2.12. The number of nitrogens with one attached hydrogen (secondary N) is 1. The van der Waals surface area contributed by atoms with Crippen molar-refractivity contribution >= 4 is 22.7 Å². The third kappa shape index (κ3) is 4.51. The first-order chi connectivity index (χ1) is 11.1. The second-order valence-corrected chi connectivity index (χ2v) is 5.22. The molecule has 0 radical (unpaired) electrons. The zero-order valence-corrected chi connectivity index (χ0v) is 12.7. The molecule has 0 bridgehead atoms. The molecule has 0 saturated carbocycles. The van der Waals surface area contributed by atoms with E-state index < -0.39 is 17.9 Å². The second kappa shape index (κ2) is 7.90. The van der Waals surface area contributed by atoms with Crippen molar-refractivity contribution < 1.29 is 9.59 Å². The number of fused-ring (bicyclic) bond motifs is 1. The first kappa shape index (κ1) is 16.4. The molecule has 1 aromatic heterocycles. The van der Waals surface area contributed by atoms with E-state index in [0.29, 0.717) is 31.2 Å². The zero-order chi connectivity index (χ0) is 16.7. The van der Waals surface area contributed by atoms with Crippen molar-refractivity contribution in [3.8, 4) is 6.07 Å². The Morgan fingerprint density at radius 2 is 2.00 bits per heavy atom. The molecule has 6 heteroatoms. The van der Waals surface area contributed by atoms with Crippen molar-refractivity contribution in [2.45, 2.75) is 31.7 Å². The maximum absolute atomic E-state index is 12.3. The highest BCUT2D eigenvalue weighted by atomic mass is 16.2. The van der Waals surface area contributed by atoms with Crippen LogP contribution in [0.5, 0.6) is 0 Å². The SMILES string of the molecule is N#CCCCC[C@H](NC(=O)c1ccc2ccccc2n1)C(N)=O. The lowest BCUT2D eigenvalue weighted by Gasteiger charge is -2.15. The summed E-state index contributed by atoms with van der Waals surface area (Å²) in [6.07, 6.45) is 2.15. The van der Waals surface area contributed by atoms with Crippen LogP contribution in [0.15, 0.2) is 36.4 Å². The largest absolute Gasteiger partial charge is 0.368 e. The van der Waals surface area contributed by atoms with Crippen molar-refractivity contribution in [2.24, 2.45) is 5.73 Å². The molecular weight excluding hydrogens is 292 g/mol. The number of aromatic nitrogens is 1. The van der Waals surface area contributed by atoms with E-state index in [1.165, 1.54) is 0 Å². The molecule has 0 fully saturated rings. The van der Waals surface area contributed by atoms with Gasteiger partial charge in [0, 0.05) is 11.8 Å². The van der Waals surface area contributed by atoms with Crippen LogP contribution in [-0.4, -0.2) is 22.8 Å². The molecule has 3 N–H and O–H groups in total. The van der Waals surface area contributed by atoms with Crippen LogP contribution >= 0.6 is 0 Å². The van der Waals surface area contributed by atoms with Gasteiger partial charge in [0.15, 0.2) is 0 Å². The van der Waals surface area contributed by atoms with E-state index in [1.807, 2.05) is 36.4 Å². The number of nitriles is 1. The summed E-state index contributed by atoms with van der Waals surface area (Å²) in [5.41, 5.74) is 6.28. The number of unbranched alkanes of at least 4 members (excludes halogenated alkanes) is 2. The van der Waals surface area contributed by atoms with Gasteiger partial charge in [0.1, 0.15) is 11.7 Å². The second-order valence-electron chi connectivity index (χ2n) is 5.22. The van der Waals surface area contributed by atoms with Gasteiger partial charge in [-0.2, -0.15) is 5.26 Å². The zero-order valence-electron chi connectivity index (χ0n) is 12.7. The summed E-state index contributed by atoms with van der Waals surface area (Å²) in [7, 11) is 0. The number of amides is 2. The van der Waals surface area contributed by atoms with Crippen LogP contribution in [0.2, 0.25) is 0 Å². The topological polar surface area (TPSA) is 109 Å². The van der Waals surface area contributed by atoms with E-state index in [9.17, 15) is 9.59 Å². The van der Waals surface area contributed by atoms with Gasteiger partial charge in [0.2, 0.25) is 5.91 Å². The number of carbonyl (C=O) groups excluding carboxylic acids is 2. The first-order valence-electron chi connectivity index (χ1n) is 7.44. The lowest BCUT2D eigenvalue weighted by Crippen LogP contribution is -2.44. The number of rotatable bonds is 7. The molecule has 118 valence electrons. The fourth-order valence-electron chi connectivity index (χ4n) is 2.26. The summed E-state index contributed by atoms with van der Waals surface area (Å²) < 4.78 is 0. The van der Waals surface area contributed by atoms with Crippen LogP contribution in [0.1, 0.15) is 36.2 Å². The minimum absolute atomic E-state index is 0.243. The number of carbonyl (C=O) groups is 2. The number of primary amides is 1. The van der Waals surface area contributed by atoms with Crippen molar-refractivity contribution in [3.63, 3.8) is 0 Å². The summed E-state index contributed by atoms with van der Waals surface area (Å²) in [6.45, 7) is 0. The highest BCUT2D eigenvalue weighted by molar-refractivity contribution is 5.97. The van der Waals surface area contributed by atoms with E-state index >= 15 is 0 Å². The normalized spacial score (nSPS) is 11.6. The van der Waals surface area contributed by atoms with Crippen molar-refractivity contribution in [3.05, 3.63) is 42.1 Å². The number of para-hydroxylation sites is 1. The summed E-state index contributed by atoms with van der Waals surface area (Å²) >= 11 is 0. The molecule has 0 aliphatic rings. The Balaban J connectivity index is 2.04.